The lowest BCUT2D eigenvalue weighted by atomic mass is 10.0. The number of halogens is 1. The van der Waals surface area contributed by atoms with Crippen LogP contribution < -0.4 is 4.90 Å². The Balaban J connectivity index is 2.00. The summed E-state index contributed by atoms with van der Waals surface area (Å²) in [5.41, 5.74) is 0.934. The normalized spacial score (nSPS) is 25.7. The van der Waals surface area contributed by atoms with Gasteiger partial charge < -0.3 is 4.90 Å². The maximum atomic E-state index is 11.6. The number of Topliss-reactive ketones (excluding diaryl/α,β-unsaturated/α-hetero) is 1. The molecule has 2 fully saturated rings. The summed E-state index contributed by atoms with van der Waals surface area (Å²) < 4.78 is 0.851. The van der Waals surface area contributed by atoms with E-state index in [9.17, 15) is 14.9 Å². The molecule has 0 saturated carbocycles. The van der Waals surface area contributed by atoms with Crippen LogP contribution in [0.2, 0.25) is 0 Å². The minimum absolute atomic E-state index is 0.0921. The number of rotatable bonds is 2. The number of carbonyl (C=O) groups excluding carboxylic acids is 1. The number of carbonyl (C=O) groups is 1. The number of fused-ring (bicyclic) bond motifs is 2. The van der Waals surface area contributed by atoms with Crippen molar-refractivity contribution >= 4 is 33.1 Å². The van der Waals surface area contributed by atoms with Crippen LogP contribution in [0.3, 0.4) is 0 Å². The van der Waals surface area contributed by atoms with E-state index in [0.717, 1.165) is 23.0 Å². The molecule has 2 atom stereocenters. The highest BCUT2D eigenvalue weighted by Gasteiger charge is 2.41. The van der Waals surface area contributed by atoms with Gasteiger partial charge in [0.2, 0.25) is 0 Å². The van der Waals surface area contributed by atoms with Crippen molar-refractivity contribution < 1.29 is 9.72 Å². The molecule has 19 heavy (non-hydrogen) atoms. The van der Waals surface area contributed by atoms with Gasteiger partial charge in [0.1, 0.15) is 5.78 Å². The van der Waals surface area contributed by atoms with Crippen LogP contribution in [0.4, 0.5) is 11.4 Å². The molecule has 1 aromatic carbocycles. The van der Waals surface area contributed by atoms with Crippen molar-refractivity contribution in [3.05, 3.63) is 32.8 Å². The molecule has 0 aromatic heterocycles. The molecule has 0 N–H and O–H groups in total. The van der Waals surface area contributed by atoms with Gasteiger partial charge in [0.25, 0.3) is 5.69 Å². The minimum atomic E-state index is -0.382. The predicted molar refractivity (Wildman–Crippen MR) is 74.3 cm³/mol. The summed E-state index contributed by atoms with van der Waals surface area (Å²) in [4.78, 5) is 24.3. The van der Waals surface area contributed by atoms with Crippen molar-refractivity contribution in [2.75, 3.05) is 4.90 Å². The van der Waals surface area contributed by atoms with E-state index in [1.54, 1.807) is 12.1 Å². The lowest BCUT2D eigenvalue weighted by Crippen LogP contribution is -2.43. The fourth-order valence-electron chi connectivity index (χ4n) is 3.18. The number of piperidine rings is 1. The molecule has 2 heterocycles. The van der Waals surface area contributed by atoms with E-state index in [1.807, 2.05) is 0 Å². The Morgan fingerprint density at radius 3 is 2.47 bits per heavy atom. The largest absolute Gasteiger partial charge is 0.364 e. The molecule has 2 bridgehead atoms. The molecule has 3 rings (SSSR count). The number of ketones is 1. The molecule has 6 heteroatoms. The van der Waals surface area contributed by atoms with E-state index >= 15 is 0 Å². The average Bonchev–Trinajstić information content (AvgIpc) is 2.62. The Labute approximate surface area is 118 Å². The summed E-state index contributed by atoms with van der Waals surface area (Å²) in [5.74, 6) is 0.310. The second-order valence-electron chi connectivity index (χ2n) is 5.13. The summed E-state index contributed by atoms with van der Waals surface area (Å²) in [6.45, 7) is 0. The zero-order valence-electron chi connectivity index (χ0n) is 10.2. The lowest BCUT2D eigenvalue weighted by Gasteiger charge is -2.36. The zero-order valence-corrected chi connectivity index (χ0v) is 11.8. The third kappa shape index (κ3) is 2.14. The molecule has 0 aliphatic carbocycles. The number of anilines is 1. The molecule has 100 valence electrons. The quantitative estimate of drug-likeness (QED) is 0.619. The highest BCUT2D eigenvalue weighted by molar-refractivity contribution is 9.10. The van der Waals surface area contributed by atoms with E-state index in [1.165, 1.54) is 6.07 Å². The van der Waals surface area contributed by atoms with Crippen molar-refractivity contribution in [2.45, 2.75) is 37.8 Å². The Morgan fingerprint density at radius 1 is 1.26 bits per heavy atom. The highest BCUT2D eigenvalue weighted by atomic mass is 79.9. The van der Waals surface area contributed by atoms with Crippen molar-refractivity contribution in [3.8, 4) is 0 Å². The van der Waals surface area contributed by atoms with Gasteiger partial charge in [-0.2, -0.15) is 0 Å². The van der Waals surface area contributed by atoms with Crippen molar-refractivity contribution in [3.63, 3.8) is 0 Å². The zero-order chi connectivity index (χ0) is 13.6. The maximum absolute atomic E-state index is 11.6. The molecule has 2 unspecified atom stereocenters. The monoisotopic (exact) mass is 324 g/mol. The highest BCUT2D eigenvalue weighted by Crippen LogP contribution is 2.42. The van der Waals surface area contributed by atoms with Crippen LogP contribution in [0.25, 0.3) is 0 Å². The number of nitrogens with zero attached hydrogens (tertiary/aromatic N) is 2. The topological polar surface area (TPSA) is 63.5 Å². The van der Waals surface area contributed by atoms with Gasteiger partial charge in [0, 0.05) is 41.5 Å². The minimum Gasteiger partial charge on any atom is -0.364 e. The van der Waals surface area contributed by atoms with Gasteiger partial charge in [0.15, 0.2) is 0 Å². The molecule has 5 nitrogen and oxygen atoms in total. The molecule has 0 amide bonds. The third-order valence-corrected chi connectivity index (χ3v) is 4.64. The number of hydrogen-bond acceptors (Lipinski definition) is 4. The number of benzene rings is 1. The lowest BCUT2D eigenvalue weighted by molar-refractivity contribution is -0.384. The van der Waals surface area contributed by atoms with Gasteiger partial charge in [-0.05, 0) is 34.8 Å². The Kier molecular flexibility index (Phi) is 3.05. The fourth-order valence-corrected chi connectivity index (χ4v) is 3.63. The Morgan fingerprint density at radius 2 is 1.89 bits per heavy atom. The van der Waals surface area contributed by atoms with Gasteiger partial charge in [-0.3, -0.25) is 14.9 Å². The van der Waals surface area contributed by atoms with Gasteiger partial charge in [-0.15, -0.1) is 0 Å². The van der Waals surface area contributed by atoms with Crippen LogP contribution in [0, 0.1) is 10.1 Å². The first-order valence-corrected chi connectivity index (χ1v) is 7.09. The first kappa shape index (κ1) is 12.6. The van der Waals surface area contributed by atoms with Crippen LogP contribution in [0.5, 0.6) is 0 Å². The third-order valence-electron chi connectivity index (χ3n) is 3.97. The summed E-state index contributed by atoms with van der Waals surface area (Å²) in [6.07, 6.45) is 3.11. The summed E-state index contributed by atoms with van der Waals surface area (Å²) in [6, 6.07) is 5.20. The second kappa shape index (κ2) is 4.59. The van der Waals surface area contributed by atoms with E-state index in [0.29, 0.717) is 18.6 Å². The van der Waals surface area contributed by atoms with Crippen molar-refractivity contribution in [2.24, 2.45) is 0 Å². The van der Waals surface area contributed by atoms with E-state index in [-0.39, 0.29) is 22.7 Å². The molecular weight excluding hydrogens is 312 g/mol. The number of hydrogen-bond donors (Lipinski definition) is 0. The first-order chi connectivity index (χ1) is 9.06. The van der Waals surface area contributed by atoms with E-state index in [2.05, 4.69) is 20.8 Å². The molecule has 2 aliphatic heterocycles. The number of nitro benzene ring substituents is 1. The number of non-ortho nitro benzene ring substituents is 1. The summed E-state index contributed by atoms with van der Waals surface area (Å²) in [7, 11) is 0. The first-order valence-electron chi connectivity index (χ1n) is 6.30. The molecule has 0 spiro atoms. The summed E-state index contributed by atoms with van der Waals surface area (Å²) in [5, 5.41) is 10.9. The van der Waals surface area contributed by atoms with Gasteiger partial charge in [-0.25, -0.2) is 0 Å². The van der Waals surface area contributed by atoms with Crippen LogP contribution in [-0.2, 0) is 4.79 Å². The summed E-state index contributed by atoms with van der Waals surface area (Å²) >= 11 is 3.46. The fraction of sp³-hybridized carbons (Fsp3) is 0.462. The van der Waals surface area contributed by atoms with Gasteiger partial charge in [0.05, 0.1) is 10.6 Å². The van der Waals surface area contributed by atoms with Crippen LogP contribution in [0.15, 0.2) is 22.7 Å². The average molecular weight is 325 g/mol. The smallest absolute Gasteiger partial charge is 0.271 e. The molecular formula is C13H13BrN2O3. The van der Waals surface area contributed by atoms with Crippen LogP contribution in [-0.4, -0.2) is 22.8 Å². The maximum Gasteiger partial charge on any atom is 0.271 e. The Bertz CT molecular complexity index is 545. The van der Waals surface area contributed by atoms with Crippen LogP contribution >= 0.6 is 15.9 Å². The Hall–Kier alpha value is -1.43. The molecule has 0 radical (unpaired) electrons. The van der Waals surface area contributed by atoms with Crippen molar-refractivity contribution in [1.29, 1.82) is 0 Å². The van der Waals surface area contributed by atoms with E-state index in [4.69, 9.17) is 0 Å². The second-order valence-corrected chi connectivity index (χ2v) is 5.99. The molecule has 1 aromatic rings. The van der Waals surface area contributed by atoms with Gasteiger partial charge in [-0.1, -0.05) is 0 Å². The van der Waals surface area contributed by atoms with Crippen molar-refractivity contribution in [1.82, 2.24) is 0 Å². The van der Waals surface area contributed by atoms with Crippen LogP contribution in [0.1, 0.15) is 25.7 Å². The number of nitro groups is 1. The predicted octanol–water partition coefficient (Wildman–Crippen LogP) is 3.06. The van der Waals surface area contributed by atoms with E-state index < -0.39 is 0 Å². The van der Waals surface area contributed by atoms with Gasteiger partial charge >= 0.3 is 0 Å². The standard InChI is InChI=1S/C13H13BrN2O3/c14-12-4-3-10(16(18)19)7-13(12)15-8-1-2-9(15)6-11(17)5-8/h3-4,7-9H,1-2,5-6H2. The molecule has 2 aliphatic rings. The molecule has 2 saturated heterocycles. The SMILES string of the molecule is O=C1CC2CCC(C1)N2c1cc([N+](=O)[O-])ccc1Br.